The molecule has 0 unspecified atom stereocenters. The smallest absolute Gasteiger partial charge is 0.330 e. The van der Waals surface area contributed by atoms with E-state index in [9.17, 15) is 9.59 Å². The maximum absolute atomic E-state index is 12.2. The molecule has 0 aliphatic rings. The molecule has 0 radical (unpaired) electrons. The summed E-state index contributed by atoms with van der Waals surface area (Å²) in [5.74, 6) is 0. The van der Waals surface area contributed by atoms with Gasteiger partial charge in [-0.25, -0.2) is 4.79 Å². The van der Waals surface area contributed by atoms with Crippen molar-refractivity contribution in [3.8, 4) is 0 Å². The van der Waals surface area contributed by atoms with E-state index in [2.05, 4.69) is 25.7 Å². The molecule has 0 aliphatic carbocycles. The van der Waals surface area contributed by atoms with Crippen LogP contribution >= 0.6 is 0 Å². The van der Waals surface area contributed by atoms with Crippen LogP contribution in [0.4, 0.5) is 0 Å². The van der Waals surface area contributed by atoms with Crippen molar-refractivity contribution in [1.29, 1.82) is 0 Å². The highest BCUT2D eigenvalue weighted by Gasteiger charge is 2.18. The van der Waals surface area contributed by atoms with Crippen molar-refractivity contribution in [2.24, 2.45) is 19.5 Å². The Morgan fingerprint density at radius 1 is 1.24 bits per heavy atom. The van der Waals surface area contributed by atoms with Gasteiger partial charge in [-0.1, -0.05) is 20.8 Å². The molecule has 21 heavy (non-hydrogen) atoms. The average molecular weight is 297 g/mol. The topological polar surface area (TPSA) is 67.5 Å². The number of aromatic nitrogens is 2. The number of rotatable bonds is 6. The molecule has 0 bridgehead atoms. The van der Waals surface area contributed by atoms with Crippen LogP contribution in [-0.4, -0.2) is 38.8 Å². The average Bonchev–Trinajstić information content (AvgIpc) is 2.38. The zero-order valence-corrected chi connectivity index (χ0v) is 13.7. The SMILES string of the molecule is Cn1cc(CN(CCCO)CC(C)(C)C)c(=O)n(C)c1=O. The highest BCUT2D eigenvalue weighted by atomic mass is 16.3. The third-order valence-corrected chi connectivity index (χ3v) is 3.24. The summed E-state index contributed by atoms with van der Waals surface area (Å²) in [6.45, 7) is 8.57. The predicted molar refractivity (Wildman–Crippen MR) is 83.4 cm³/mol. The minimum absolute atomic E-state index is 0.0986. The first-order valence-corrected chi connectivity index (χ1v) is 7.24. The number of hydrogen-bond acceptors (Lipinski definition) is 4. The Bertz CT molecular complexity index is 581. The van der Waals surface area contributed by atoms with Gasteiger partial charge in [-0.15, -0.1) is 0 Å². The van der Waals surface area contributed by atoms with Gasteiger partial charge >= 0.3 is 5.69 Å². The summed E-state index contributed by atoms with van der Waals surface area (Å²) in [4.78, 5) is 26.0. The second kappa shape index (κ2) is 7.04. The van der Waals surface area contributed by atoms with Gasteiger partial charge in [0.25, 0.3) is 5.56 Å². The molecule has 120 valence electrons. The summed E-state index contributed by atoms with van der Waals surface area (Å²) >= 11 is 0. The molecular weight excluding hydrogens is 270 g/mol. The van der Waals surface area contributed by atoms with E-state index in [1.165, 1.54) is 11.6 Å². The van der Waals surface area contributed by atoms with E-state index < -0.39 is 0 Å². The first-order chi connectivity index (χ1) is 9.65. The van der Waals surface area contributed by atoms with E-state index >= 15 is 0 Å². The minimum Gasteiger partial charge on any atom is -0.396 e. The number of aliphatic hydroxyl groups excluding tert-OH is 1. The Hall–Kier alpha value is -1.40. The van der Waals surface area contributed by atoms with Crippen molar-refractivity contribution in [2.75, 3.05) is 19.7 Å². The van der Waals surface area contributed by atoms with E-state index in [1.54, 1.807) is 13.2 Å². The number of nitrogens with zero attached hydrogens (tertiary/aromatic N) is 3. The first-order valence-electron chi connectivity index (χ1n) is 7.24. The molecule has 1 rings (SSSR count). The van der Waals surface area contributed by atoms with Gasteiger partial charge in [-0.2, -0.15) is 0 Å². The van der Waals surface area contributed by atoms with Gasteiger partial charge in [0.15, 0.2) is 0 Å². The lowest BCUT2D eigenvalue weighted by Crippen LogP contribution is -2.41. The van der Waals surface area contributed by atoms with Gasteiger partial charge < -0.3 is 9.67 Å². The van der Waals surface area contributed by atoms with Gasteiger partial charge in [-0.05, 0) is 11.8 Å². The fourth-order valence-corrected chi connectivity index (χ4v) is 2.41. The third kappa shape index (κ3) is 5.13. The largest absolute Gasteiger partial charge is 0.396 e. The van der Waals surface area contributed by atoms with Crippen molar-refractivity contribution in [3.63, 3.8) is 0 Å². The van der Waals surface area contributed by atoms with E-state index in [4.69, 9.17) is 5.11 Å². The maximum atomic E-state index is 12.2. The van der Waals surface area contributed by atoms with Crippen molar-refractivity contribution >= 4 is 0 Å². The molecule has 0 atom stereocenters. The highest BCUT2D eigenvalue weighted by Crippen LogP contribution is 2.16. The molecule has 0 amide bonds. The lowest BCUT2D eigenvalue weighted by Gasteiger charge is -2.29. The summed E-state index contributed by atoms with van der Waals surface area (Å²) < 4.78 is 2.56. The van der Waals surface area contributed by atoms with Crippen molar-refractivity contribution in [2.45, 2.75) is 33.7 Å². The van der Waals surface area contributed by atoms with Gasteiger partial charge in [0, 0.05) is 52.1 Å². The molecule has 1 aromatic rings. The summed E-state index contributed by atoms with van der Waals surface area (Å²) in [6, 6.07) is 0. The molecule has 6 heteroatoms. The molecule has 0 fully saturated rings. The van der Waals surface area contributed by atoms with Gasteiger partial charge in [0.2, 0.25) is 0 Å². The Kier molecular flexibility index (Phi) is 5.92. The van der Waals surface area contributed by atoms with E-state index in [1.807, 2.05) is 0 Å². The van der Waals surface area contributed by atoms with E-state index in [0.717, 1.165) is 17.7 Å². The highest BCUT2D eigenvalue weighted by molar-refractivity contribution is 5.05. The Balaban J connectivity index is 3.03. The molecule has 0 aliphatic heterocycles. The van der Waals surface area contributed by atoms with Crippen molar-refractivity contribution in [1.82, 2.24) is 14.0 Å². The molecule has 1 aromatic heterocycles. The van der Waals surface area contributed by atoms with Crippen LogP contribution in [0.15, 0.2) is 15.8 Å². The first kappa shape index (κ1) is 17.7. The molecule has 6 nitrogen and oxygen atoms in total. The van der Waals surface area contributed by atoms with Crippen LogP contribution in [0.1, 0.15) is 32.8 Å². The van der Waals surface area contributed by atoms with Crippen LogP contribution in [0, 0.1) is 5.41 Å². The Labute approximate surface area is 125 Å². The fourth-order valence-electron chi connectivity index (χ4n) is 2.41. The monoisotopic (exact) mass is 297 g/mol. The lowest BCUT2D eigenvalue weighted by molar-refractivity contribution is 0.165. The zero-order chi connectivity index (χ0) is 16.2. The van der Waals surface area contributed by atoms with E-state index in [-0.39, 0.29) is 23.3 Å². The maximum Gasteiger partial charge on any atom is 0.330 e. The number of aryl methyl sites for hydroxylation is 1. The zero-order valence-electron chi connectivity index (χ0n) is 13.7. The van der Waals surface area contributed by atoms with Crippen LogP contribution in [0.3, 0.4) is 0 Å². The summed E-state index contributed by atoms with van der Waals surface area (Å²) in [6.07, 6.45) is 2.28. The number of hydrogen-bond donors (Lipinski definition) is 1. The number of aliphatic hydroxyl groups is 1. The molecule has 0 aromatic carbocycles. The third-order valence-electron chi connectivity index (χ3n) is 3.24. The van der Waals surface area contributed by atoms with Crippen molar-refractivity contribution in [3.05, 3.63) is 32.6 Å². The normalized spacial score (nSPS) is 12.1. The molecule has 0 saturated heterocycles. The van der Waals surface area contributed by atoms with Crippen LogP contribution in [0.2, 0.25) is 0 Å². The molecule has 1 N–H and O–H groups in total. The summed E-state index contributed by atoms with van der Waals surface area (Å²) in [7, 11) is 3.14. The second-order valence-electron chi connectivity index (χ2n) is 6.76. The van der Waals surface area contributed by atoms with Gasteiger partial charge in [-0.3, -0.25) is 14.3 Å². The molecule has 0 spiro atoms. The molecular formula is C15H27N3O3. The Morgan fingerprint density at radius 2 is 1.86 bits per heavy atom. The standard InChI is InChI=1S/C15H27N3O3/c1-15(2,3)11-18(7-6-8-19)10-12-9-16(4)14(21)17(5)13(12)20/h9,19H,6-8,10-11H2,1-5H3. The van der Waals surface area contributed by atoms with Crippen LogP contribution < -0.4 is 11.2 Å². The van der Waals surface area contributed by atoms with E-state index in [0.29, 0.717) is 18.5 Å². The minimum atomic E-state index is -0.318. The van der Waals surface area contributed by atoms with Crippen LogP contribution in [0.5, 0.6) is 0 Å². The van der Waals surface area contributed by atoms with Gasteiger partial charge in [0.1, 0.15) is 0 Å². The second-order valence-corrected chi connectivity index (χ2v) is 6.76. The summed E-state index contributed by atoms with van der Waals surface area (Å²) in [5.41, 5.74) is 0.130. The predicted octanol–water partition coefficient (Wildman–Crippen LogP) is 0.315. The molecule has 0 saturated carbocycles. The van der Waals surface area contributed by atoms with Crippen LogP contribution in [-0.2, 0) is 20.6 Å². The molecule has 1 heterocycles. The van der Waals surface area contributed by atoms with Crippen LogP contribution in [0.25, 0.3) is 0 Å². The fraction of sp³-hybridized carbons (Fsp3) is 0.733. The quantitative estimate of drug-likeness (QED) is 0.821. The summed E-state index contributed by atoms with van der Waals surface area (Å²) in [5, 5.41) is 9.02. The lowest BCUT2D eigenvalue weighted by atomic mass is 9.96. The van der Waals surface area contributed by atoms with Crippen molar-refractivity contribution < 1.29 is 5.11 Å². The van der Waals surface area contributed by atoms with Gasteiger partial charge in [0.05, 0.1) is 0 Å². The Morgan fingerprint density at radius 3 is 2.38 bits per heavy atom.